The van der Waals surface area contributed by atoms with E-state index in [0.717, 1.165) is 0 Å². The van der Waals surface area contributed by atoms with E-state index in [9.17, 15) is 14.3 Å². The highest BCUT2D eigenvalue weighted by atomic mass is 19.1. The Balaban J connectivity index is 2.78. The Bertz CT molecular complexity index is 436. The predicted molar refractivity (Wildman–Crippen MR) is 68.7 cm³/mol. The zero-order chi connectivity index (χ0) is 14.0. The molecule has 0 aliphatic rings. The highest BCUT2D eigenvalue weighted by molar-refractivity contribution is 5.83. The summed E-state index contributed by atoms with van der Waals surface area (Å²) in [5.41, 5.74) is -1.42. The third-order valence-electron chi connectivity index (χ3n) is 2.85. The largest absolute Gasteiger partial charge is 0.381 e. The lowest BCUT2D eigenvalue weighted by molar-refractivity contribution is -0.136. The van der Waals surface area contributed by atoms with Crippen LogP contribution in [0, 0.1) is 5.82 Å². The van der Waals surface area contributed by atoms with Crippen LogP contribution in [0.5, 0.6) is 0 Å². The van der Waals surface area contributed by atoms with E-state index < -0.39 is 16.9 Å². The zero-order valence-corrected chi connectivity index (χ0v) is 11.2. The number of benzene rings is 1. The number of rotatable bonds is 4. The smallest absolute Gasteiger partial charge is 0.251 e. The molecule has 4 heteroatoms. The van der Waals surface area contributed by atoms with Crippen LogP contribution in [-0.4, -0.2) is 23.2 Å². The molecular weight excluding hydrogens is 233 g/mol. The second kappa shape index (κ2) is 5.06. The number of hydrogen-bond acceptors (Lipinski definition) is 2. The first-order chi connectivity index (χ1) is 8.14. The number of halogens is 1. The average Bonchev–Trinajstić information content (AvgIpc) is 2.25. The number of carbonyl (C=O) groups is 1. The van der Waals surface area contributed by atoms with Crippen molar-refractivity contribution in [1.29, 1.82) is 0 Å². The first-order valence-corrected chi connectivity index (χ1v) is 5.90. The van der Waals surface area contributed by atoms with Crippen molar-refractivity contribution < 1.29 is 14.3 Å². The molecule has 1 amide bonds. The fourth-order valence-corrected chi connectivity index (χ4v) is 1.62. The molecule has 3 nitrogen and oxygen atoms in total. The molecular formula is C14H20FNO2. The van der Waals surface area contributed by atoms with E-state index in [1.165, 1.54) is 19.9 Å². The van der Waals surface area contributed by atoms with Crippen molar-refractivity contribution in [2.24, 2.45) is 0 Å². The molecule has 1 rings (SSSR count). The molecule has 1 aromatic carbocycles. The van der Waals surface area contributed by atoms with Gasteiger partial charge in [0, 0.05) is 12.0 Å². The monoisotopic (exact) mass is 253 g/mol. The van der Waals surface area contributed by atoms with Gasteiger partial charge in [-0.2, -0.15) is 0 Å². The molecule has 100 valence electrons. The lowest BCUT2D eigenvalue weighted by atomic mass is 9.84. The molecule has 0 saturated carbocycles. The Kier molecular flexibility index (Phi) is 4.12. The predicted octanol–water partition coefficient (Wildman–Crippen LogP) is 1.99. The number of hydrogen-bond donors (Lipinski definition) is 2. The first kappa shape index (κ1) is 14.6. The minimum Gasteiger partial charge on any atom is -0.381 e. The number of nitrogens with one attached hydrogen (secondary N) is 1. The highest BCUT2D eigenvalue weighted by Crippen LogP contribution is 2.24. The van der Waals surface area contributed by atoms with Crippen molar-refractivity contribution in [2.45, 2.75) is 38.7 Å². The molecule has 18 heavy (non-hydrogen) atoms. The summed E-state index contributed by atoms with van der Waals surface area (Å²) in [5.74, 6) is -0.757. The van der Waals surface area contributed by atoms with Crippen molar-refractivity contribution in [3.63, 3.8) is 0 Å². The summed E-state index contributed by atoms with van der Waals surface area (Å²) >= 11 is 0. The molecule has 0 atom stereocenters. The lowest BCUT2D eigenvalue weighted by Crippen LogP contribution is -2.46. The minimum atomic E-state index is -1.43. The minimum absolute atomic E-state index is 0.261. The SMILES string of the molecule is CC(C)(O)C(=O)NCC(C)(C)c1ccccc1F. The maximum atomic E-state index is 13.7. The Morgan fingerprint density at radius 3 is 2.33 bits per heavy atom. The van der Waals surface area contributed by atoms with Crippen LogP contribution >= 0.6 is 0 Å². The molecule has 0 bridgehead atoms. The quantitative estimate of drug-likeness (QED) is 0.862. The van der Waals surface area contributed by atoms with Crippen LogP contribution in [0.2, 0.25) is 0 Å². The van der Waals surface area contributed by atoms with Gasteiger partial charge < -0.3 is 10.4 Å². The fraction of sp³-hybridized carbons (Fsp3) is 0.500. The first-order valence-electron chi connectivity index (χ1n) is 5.90. The van der Waals surface area contributed by atoms with Crippen LogP contribution in [-0.2, 0) is 10.2 Å². The molecule has 0 aliphatic heterocycles. The summed E-state index contributed by atoms with van der Waals surface area (Å²) in [4.78, 5) is 11.6. The standard InChI is InChI=1S/C14H20FNO2/c1-13(2,9-16-12(17)14(3,4)18)10-7-5-6-8-11(10)15/h5-8,18H,9H2,1-4H3,(H,16,17). The zero-order valence-electron chi connectivity index (χ0n) is 11.2. The fourth-order valence-electron chi connectivity index (χ4n) is 1.62. The van der Waals surface area contributed by atoms with Gasteiger partial charge in [0.05, 0.1) is 0 Å². The Morgan fingerprint density at radius 1 is 1.28 bits per heavy atom. The molecule has 1 aromatic rings. The van der Waals surface area contributed by atoms with Crippen LogP contribution in [0.25, 0.3) is 0 Å². The Labute approximate surface area is 107 Å². The normalized spacial score (nSPS) is 12.3. The maximum Gasteiger partial charge on any atom is 0.251 e. The van der Waals surface area contributed by atoms with Crippen molar-refractivity contribution >= 4 is 5.91 Å². The summed E-state index contributed by atoms with van der Waals surface area (Å²) in [7, 11) is 0. The maximum absolute atomic E-state index is 13.7. The van der Waals surface area contributed by atoms with E-state index in [1.54, 1.807) is 18.2 Å². The van der Waals surface area contributed by atoms with Gasteiger partial charge in [0.1, 0.15) is 11.4 Å². The molecule has 0 aromatic heterocycles. The second-order valence-corrected chi connectivity index (χ2v) is 5.61. The van der Waals surface area contributed by atoms with Crippen LogP contribution in [0.3, 0.4) is 0 Å². The topological polar surface area (TPSA) is 49.3 Å². The number of amides is 1. The molecule has 0 radical (unpaired) electrons. The van der Waals surface area contributed by atoms with E-state index in [2.05, 4.69) is 5.32 Å². The third kappa shape index (κ3) is 3.53. The number of carbonyl (C=O) groups excluding carboxylic acids is 1. The molecule has 0 fully saturated rings. The van der Waals surface area contributed by atoms with Gasteiger partial charge in [-0.1, -0.05) is 32.0 Å². The van der Waals surface area contributed by atoms with Crippen molar-refractivity contribution in [2.75, 3.05) is 6.54 Å². The molecule has 0 aliphatic carbocycles. The molecule has 2 N–H and O–H groups in total. The Hall–Kier alpha value is -1.42. The molecule has 0 heterocycles. The van der Waals surface area contributed by atoms with E-state index in [1.807, 2.05) is 13.8 Å². The van der Waals surface area contributed by atoms with Gasteiger partial charge in [0.15, 0.2) is 0 Å². The number of aliphatic hydroxyl groups is 1. The molecule has 0 saturated heterocycles. The van der Waals surface area contributed by atoms with Gasteiger partial charge in [-0.25, -0.2) is 4.39 Å². The van der Waals surface area contributed by atoms with Crippen molar-refractivity contribution in [3.05, 3.63) is 35.6 Å². The summed E-state index contributed by atoms with van der Waals surface area (Å²) in [6, 6.07) is 6.49. The third-order valence-corrected chi connectivity index (χ3v) is 2.85. The Morgan fingerprint density at radius 2 is 1.83 bits per heavy atom. The van der Waals surface area contributed by atoms with Crippen LogP contribution in [0.15, 0.2) is 24.3 Å². The second-order valence-electron chi connectivity index (χ2n) is 5.61. The summed E-state index contributed by atoms with van der Waals surface area (Å²) in [5, 5.41) is 12.2. The van der Waals surface area contributed by atoms with Crippen LogP contribution < -0.4 is 5.32 Å². The van der Waals surface area contributed by atoms with E-state index >= 15 is 0 Å². The van der Waals surface area contributed by atoms with Crippen LogP contribution in [0.1, 0.15) is 33.3 Å². The molecule has 0 spiro atoms. The van der Waals surface area contributed by atoms with Gasteiger partial charge in [0.2, 0.25) is 0 Å². The van der Waals surface area contributed by atoms with Crippen LogP contribution in [0.4, 0.5) is 4.39 Å². The van der Waals surface area contributed by atoms with Gasteiger partial charge in [-0.15, -0.1) is 0 Å². The summed E-state index contributed by atoms with van der Waals surface area (Å²) in [6.07, 6.45) is 0. The summed E-state index contributed by atoms with van der Waals surface area (Å²) in [6.45, 7) is 6.78. The summed E-state index contributed by atoms with van der Waals surface area (Å²) < 4.78 is 13.7. The lowest BCUT2D eigenvalue weighted by Gasteiger charge is -2.27. The van der Waals surface area contributed by atoms with Gasteiger partial charge in [-0.05, 0) is 25.5 Å². The van der Waals surface area contributed by atoms with Crippen molar-refractivity contribution in [3.8, 4) is 0 Å². The van der Waals surface area contributed by atoms with E-state index in [4.69, 9.17) is 0 Å². The van der Waals surface area contributed by atoms with E-state index in [0.29, 0.717) is 5.56 Å². The average molecular weight is 253 g/mol. The van der Waals surface area contributed by atoms with Crippen molar-refractivity contribution in [1.82, 2.24) is 5.32 Å². The van der Waals surface area contributed by atoms with Gasteiger partial charge >= 0.3 is 0 Å². The van der Waals surface area contributed by atoms with E-state index in [-0.39, 0.29) is 12.4 Å². The highest BCUT2D eigenvalue weighted by Gasteiger charge is 2.28. The molecule has 0 unspecified atom stereocenters. The van der Waals surface area contributed by atoms with Gasteiger partial charge in [0.25, 0.3) is 5.91 Å². The van der Waals surface area contributed by atoms with Gasteiger partial charge in [-0.3, -0.25) is 4.79 Å².